The van der Waals surface area contributed by atoms with E-state index in [1.165, 1.54) is 19.8 Å². The molecule has 0 saturated heterocycles. The molecule has 1 amide bonds. The average molecular weight is 175 g/mol. The number of hydrogen-bond acceptors (Lipinski definition) is 1. The van der Waals surface area contributed by atoms with Crippen molar-refractivity contribution in [1.29, 1.82) is 0 Å². The molecule has 0 bridgehead atoms. The zero-order chi connectivity index (χ0) is 9.40. The first kappa shape index (κ1) is 11.4. The fourth-order valence-corrected chi connectivity index (χ4v) is 0.904. The van der Waals surface area contributed by atoms with E-state index in [-0.39, 0.29) is 0 Å². The summed E-state index contributed by atoms with van der Waals surface area (Å²) in [4.78, 5) is 10.7. The summed E-state index contributed by atoms with van der Waals surface area (Å²) in [6, 6.07) is 0. The minimum absolute atomic E-state index is 0.494. The molecule has 0 heterocycles. The fraction of sp³-hybridized carbons (Fsp3) is 0.889. The summed E-state index contributed by atoms with van der Waals surface area (Å²) in [5, 5.41) is 2.53. The van der Waals surface area contributed by atoms with Gasteiger partial charge < -0.3 is 5.32 Å². The smallest absolute Gasteiger partial charge is 0.254 e. The summed E-state index contributed by atoms with van der Waals surface area (Å²) in [5.41, 5.74) is 0. The van der Waals surface area contributed by atoms with Crippen LogP contribution in [0.25, 0.3) is 0 Å². The van der Waals surface area contributed by atoms with Gasteiger partial charge in [0, 0.05) is 6.54 Å². The number of carbonyl (C=O) groups excluding carboxylic acids is 1. The van der Waals surface area contributed by atoms with Crippen LogP contribution in [0.5, 0.6) is 0 Å². The van der Waals surface area contributed by atoms with Gasteiger partial charge in [-0.1, -0.05) is 26.2 Å². The van der Waals surface area contributed by atoms with Gasteiger partial charge >= 0.3 is 0 Å². The van der Waals surface area contributed by atoms with Gasteiger partial charge in [0.1, 0.15) is 0 Å². The predicted molar refractivity (Wildman–Crippen MR) is 47.7 cm³/mol. The highest BCUT2D eigenvalue weighted by molar-refractivity contribution is 5.80. The molecule has 0 aromatic heterocycles. The van der Waals surface area contributed by atoms with Gasteiger partial charge in [-0.25, -0.2) is 4.39 Å². The van der Waals surface area contributed by atoms with Crippen molar-refractivity contribution in [2.45, 2.75) is 45.7 Å². The number of alkyl halides is 1. The predicted octanol–water partition coefficient (Wildman–Crippen LogP) is 2.04. The molecule has 0 rings (SSSR count). The lowest BCUT2D eigenvalue weighted by Gasteiger charge is -2.04. The SMILES string of the molecule is CCCCCCNC(=O)C(C)F. The summed E-state index contributed by atoms with van der Waals surface area (Å²) < 4.78 is 12.3. The van der Waals surface area contributed by atoms with Crippen molar-refractivity contribution in [3.8, 4) is 0 Å². The summed E-state index contributed by atoms with van der Waals surface area (Å²) in [5.74, 6) is -0.494. The molecule has 2 nitrogen and oxygen atoms in total. The van der Waals surface area contributed by atoms with Gasteiger partial charge in [-0.2, -0.15) is 0 Å². The number of nitrogens with one attached hydrogen (secondary N) is 1. The van der Waals surface area contributed by atoms with Gasteiger partial charge in [0.15, 0.2) is 6.17 Å². The number of hydrogen-bond donors (Lipinski definition) is 1. The average Bonchev–Trinajstić information content (AvgIpc) is 2.03. The van der Waals surface area contributed by atoms with Crippen LogP contribution >= 0.6 is 0 Å². The Morgan fingerprint density at radius 2 is 2.08 bits per heavy atom. The minimum Gasteiger partial charge on any atom is -0.354 e. The van der Waals surface area contributed by atoms with Gasteiger partial charge in [-0.05, 0) is 13.3 Å². The molecule has 0 aliphatic carbocycles. The van der Waals surface area contributed by atoms with E-state index in [9.17, 15) is 9.18 Å². The number of halogens is 1. The largest absolute Gasteiger partial charge is 0.354 e. The van der Waals surface area contributed by atoms with E-state index in [1.54, 1.807) is 0 Å². The Balaban J connectivity index is 3.14. The molecule has 3 heteroatoms. The Morgan fingerprint density at radius 1 is 1.42 bits per heavy atom. The summed E-state index contributed by atoms with van der Waals surface area (Å²) in [6.07, 6.45) is 3.04. The molecule has 0 aliphatic rings. The van der Waals surface area contributed by atoms with E-state index >= 15 is 0 Å². The number of carbonyl (C=O) groups is 1. The maximum Gasteiger partial charge on any atom is 0.254 e. The molecule has 1 unspecified atom stereocenters. The molecule has 72 valence electrons. The Kier molecular flexibility index (Phi) is 6.72. The van der Waals surface area contributed by atoms with Gasteiger partial charge in [0.25, 0.3) is 5.91 Å². The molecule has 0 radical (unpaired) electrons. The van der Waals surface area contributed by atoms with Crippen LogP contribution in [0, 0.1) is 0 Å². The zero-order valence-electron chi connectivity index (χ0n) is 7.90. The Bertz CT molecular complexity index is 126. The lowest BCUT2D eigenvalue weighted by Crippen LogP contribution is -2.30. The molecule has 12 heavy (non-hydrogen) atoms. The maximum absolute atomic E-state index is 12.3. The second-order valence-electron chi connectivity index (χ2n) is 2.97. The van der Waals surface area contributed by atoms with E-state index in [0.29, 0.717) is 6.54 Å². The van der Waals surface area contributed by atoms with Crippen LogP contribution in [0.2, 0.25) is 0 Å². The van der Waals surface area contributed by atoms with Crippen LogP contribution in [-0.4, -0.2) is 18.6 Å². The van der Waals surface area contributed by atoms with Crippen LogP contribution in [0.3, 0.4) is 0 Å². The molecular formula is C9H18FNO. The first-order valence-corrected chi connectivity index (χ1v) is 4.60. The van der Waals surface area contributed by atoms with E-state index in [2.05, 4.69) is 12.2 Å². The standard InChI is InChI=1S/C9H18FNO/c1-3-4-5-6-7-11-9(12)8(2)10/h8H,3-7H2,1-2H3,(H,11,12). The molecule has 0 saturated carbocycles. The topological polar surface area (TPSA) is 29.1 Å². The van der Waals surface area contributed by atoms with Crippen LogP contribution < -0.4 is 5.32 Å². The lowest BCUT2D eigenvalue weighted by molar-refractivity contribution is -0.125. The number of rotatable bonds is 6. The van der Waals surface area contributed by atoms with Crippen LogP contribution in [0.1, 0.15) is 39.5 Å². The van der Waals surface area contributed by atoms with Crippen molar-refractivity contribution < 1.29 is 9.18 Å². The third-order valence-corrected chi connectivity index (χ3v) is 1.69. The third-order valence-electron chi connectivity index (χ3n) is 1.69. The van der Waals surface area contributed by atoms with Crippen LogP contribution in [0.4, 0.5) is 4.39 Å². The molecule has 1 atom stereocenters. The van der Waals surface area contributed by atoms with Crippen molar-refractivity contribution >= 4 is 5.91 Å². The van der Waals surface area contributed by atoms with Gasteiger partial charge in [-0.15, -0.1) is 0 Å². The van der Waals surface area contributed by atoms with E-state index in [0.717, 1.165) is 12.8 Å². The molecule has 0 aliphatic heterocycles. The quantitative estimate of drug-likeness (QED) is 0.615. The normalized spacial score (nSPS) is 12.6. The van der Waals surface area contributed by atoms with Gasteiger partial charge in [-0.3, -0.25) is 4.79 Å². The summed E-state index contributed by atoms with van der Waals surface area (Å²) >= 11 is 0. The molecule has 0 fully saturated rings. The third kappa shape index (κ3) is 6.13. The van der Waals surface area contributed by atoms with Crippen molar-refractivity contribution in [2.75, 3.05) is 6.54 Å². The first-order valence-electron chi connectivity index (χ1n) is 4.60. The summed E-state index contributed by atoms with van der Waals surface area (Å²) in [6.45, 7) is 3.98. The van der Waals surface area contributed by atoms with Crippen molar-refractivity contribution in [1.82, 2.24) is 5.32 Å². The minimum atomic E-state index is -1.38. The van der Waals surface area contributed by atoms with Crippen molar-refractivity contribution in [3.05, 3.63) is 0 Å². The first-order chi connectivity index (χ1) is 5.68. The van der Waals surface area contributed by atoms with E-state index < -0.39 is 12.1 Å². The number of amides is 1. The monoisotopic (exact) mass is 175 g/mol. The lowest BCUT2D eigenvalue weighted by atomic mass is 10.2. The van der Waals surface area contributed by atoms with Crippen LogP contribution in [0.15, 0.2) is 0 Å². The Labute approximate surface area is 73.5 Å². The molecule has 0 aromatic rings. The van der Waals surface area contributed by atoms with Crippen molar-refractivity contribution in [2.24, 2.45) is 0 Å². The zero-order valence-corrected chi connectivity index (χ0v) is 7.90. The number of unbranched alkanes of at least 4 members (excludes halogenated alkanes) is 3. The van der Waals surface area contributed by atoms with E-state index in [1.807, 2.05) is 0 Å². The fourth-order valence-electron chi connectivity index (χ4n) is 0.904. The highest BCUT2D eigenvalue weighted by Gasteiger charge is 2.08. The Morgan fingerprint density at radius 3 is 2.58 bits per heavy atom. The second kappa shape index (κ2) is 7.07. The van der Waals surface area contributed by atoms with Crippen molar-refractivity contribution in [3.63, 3.8) is 0 Å². The van der Waals surface area contributed by atoms with Gasteiger partial charge in [0.2, 0.25) is 0 Å². The molecular weight excluding hydrogens is 157 g/mol. The molecule has 1 N–H and O–H groups in total. The second-order valence-corrected chi connectivity index (χ2v) is 2.97. The molecule has 0 aromatic carbocycles. The summed E-state index contributed by atoms with van der Waals surface area (Å²) in [7, 11) is 0. The van der Waals surface area contributed by atoms with Gasteiger partial charge in [0.05, 0.1) is 0 Å². The Hall–Kier alpha value is -0.600. The molecule has 0 spiro atoms. The highest BCUT2D eigenvalue weighted by Crippen LogP contribution is 1.97. The van der Waals surface area contributed by atoms with E-state index in [4.69, 9.17) is 0 Å². The van der Waals surface area contributed by atoms with Crippen LogP contribution in [-0.2, 0) is 4.79 Å². The highest BCUT2D eigenvalue weighted by atomic mass is 19.1. The maximum atomic E-state index is 12.3.